The highest BCUT2D eigenvalue weighted by molar-refractivity contribution is 5.59. The van der Waals surface area contributed by atoms with Gasteiger partial charge in [-0.15, -0.1) is 13.2 Å². The van der Waals surface area contributed by atoms with Crippen LogP contribution in [0.4, 0.5) is 13.2 Å². The first-order valence-corrected chi connectivity index (χ1v) is 4.69. The van der Waals surface area contributed by atoms with Gasteiger partial charge in [-0.2, -0.15) is 0 Å². The minimum Gasteiger partial charge on any atom is -0.405 e. The van der Waals surface area contributed by atoms with E-state index in [9.17, 15) is 13.2 Å². The lowest BCUT2D eigenvalue weighted by atomic mass is 9.99. The van der Waals surface area contributed by atoms with Crippen molar-refractivity contribution in [1.29, 1.82) is 0 Å². The quantitative estimate of drug-likeness (QED) is 0.756. The van der Waals surface area contributed by atoms with E-state index in [1.54, 1.807) is 19.1 Å². The molecule has 0 aliphatic rings. The number of hydrogen-bond donors (Lipinski definition) is 0. The maximum absolute atomic E-state index is 12.2. The third kappa shape index (κ3) is 3.02. The number of benzene rings is 1. The van der Waals surface area contributed by atoms with Crippen LogP contribution in [0.15, 0.2) is 24.8 Å². The van der Waals surface area contributed by atoms with Gasteiger partial charge in [0, 0.05) is 5.56 Å². The van der Waals surface area contributed by atoms with E-state index >= 15 is 0 Å². The maximum Gasteiger partial charge on any atom is 0.573 e. The molecule has 0 N–H and O–H groups in total. The molecule has 16 heavy (non-hydrogen) atoms. The lowest BCUT2D eigenvalue weighted by molar-refractivity contribution is -0.275. The zero-order valence-corrected chi connectivity index (χ0v) is 8.84. The van der Waals surface area contributed by atoms with Crippen LogP contribution in [0, 0.1) is 6.92 Å². The number of ether oxygens (including phenoxy) is 1. The predicted octanol–water partition coefficient (Wildman–Crippen LogP) is 4.17. The van der Waals surface area contributed by atoms with Gasteiger partial charge in [-0.3, -0.25) is 0 Å². The highest BCUT2D eigenvalue weighted by atomic mass is 19.4. The number of halogens is 3. The highest BCUT2D eigenvalue weighted by Crippen LogP contribution is 2.34. The van der Waals surface area contributed by atoms with Gasteiger partial charge in [0.1, 0.15) is 5.75 Å². The molecule has 0 bridgehead atoms. The summed E-state index contributed by atoms with van der Waals surface area (Å²) in [6, 6.07) is 4.73. The van der Waals surface area contributed by atoms with Crippen LogP contribution in [-0.4, -0.2) is 6.36 Å². The van der Waals surface area contributed by atoms with E-state index in [4.69, 9.17) is 0 Å². The van der Waals surface area contributed by atoms with Gasteiger partial charge in [0.25, 0.3) is 0 Å². The third-order valence-corrected chi connectivity index (χ3v) is 2.04. The SMILES string of the molecule is [CH2]C(C)c1cccc(C=C)c1OC(F)(F)F. The Labute approximate surface area is 92.5 Å². The molecule has 0 aliphatic carbocycles. The summed E-state index contributed by atoms with van der Waals surface area (Å²) in [5.41, 5.74) is 0.722. The molecule has 0 heterocycles. The fourth-order valence-corrected chi connectivity index (χ4v) is 1.36. The zero-order chi connectivity index (χ0) is 12.3. The summed E-state index contributed by atoms with van der Waals surface area (Å²) < 4.78 is 40.7. The maximum atomic E-state index is 12.2. The Kier molecular flexibility index (Phi) is 3.62. The van der Waals surface area contributed by atoms with Crippen molar-refractivity contribution in [3.05, 3.63) is 42.8 Å². The average molecular weight is 229 g/mol. The van der Waals surface area contributed by atoms with E-state index in [1.165, 1.54) is 12.1 Å². The van der Waals surface area contributed by atoms with Crippen LogP contribution in [0.25, 0.3) is 6.08 Å². The van der Waals surface area contributed by atoms with Crippen molar-refractivity contribution in [1.82, 2.24) is 0 Å². The second-order valence-corrected chi connectivity index (χ2v) is 3.42. The highest BCUT2D eigenvalue weighted by Gasteiger charge is 2.33. The minimum absolute atomic E-state index is 0.215. The van der Waals surface area contributed by atoms with Crippen LogP contribution in [0.2, 0.25) is 0 Å². The molecule has 0 spiro atoms. The first-order chi connectivity index (χ1) is 7.35. The molecule has 1 atom stereocenters. The summed E-state index contributed by atoms with van der Waals surface area (Å²) in [4.78, 5) is 0. The Morgan fingerprint density at radius 1 is 1.38 bits per heavy atom. The molecule has 1 unspecified atom stereocenters. The number of hydrogen-bond acceptors (Lipinski definition) is 1. The molecular weight excluding hydrogens is 217 g/mol. The van der Waals surface area contributed by atoms with Gasteiger partial charge in [-0.25, -0.2) is 0 Å². The van der Waals surface area contributed by atoms with E-state index in [0.29, 0.717) is 11.1 Å². The van der Waals surface area contributed by atoms with Crippen molar-refractivity contribution >= 4 is 6.08 Å². The standard InChI is InChI=1S/C12H12F3O/c1-4-9-6-5-7-10(8(2)3)11(9)16-12(13,14)15/h4-8H,1-2H2,3H3. The summed E-state index contributed by atoms with van der Waals surface area (Å²) in [5, 5.41) is 0. The summed E-state index contributed by atoms with van der Waals surface area (Å²) in [5.74, 6) is -0.509. The minimum atomic E-state index is -4.71. The van der Waals surface area contributed by atoms with Crippen molar-refractivity contribution in [3.63, 3.8) is 0 Å². The molecule has 1 aromatic carbocycles. The Morgan fingerprint density at radius 3 is 2.44 bits per heavy atom. The van der Waals surface area contributed by atoms with E-state index in [1.807, 2.05) is 0 Å². The van der Waals surface area contributed by atoms with E-state index in [0.717, 1.165) is 0 Å². The molecule has 0 amide bonds. The van der Waals surface area contributed by atoms with Gasteiger partial charge >= 0.3 is 6.36 Å². The summed E-state index contributed by atoms with van der Waals surface area (Å²) in [6.07, 6.45) is -3.38. The zero-order valence-electron chi connectivity index (χ0n) is 8.84. The normalized spacial score (nSPS) is 11.6. The van der Waals surface area contributed by atoms with Crippen LogP contribution in [0.1, 0.15) is 24.0 Å². The lowest BCUT2D eigenvalue weighted by Crippen LogP contribution is -2.19. The van der Waals surface area contributed by atoms with Gasteiger partial charge in [0.05, 0.1) is 0 Å². The van der Waals surface area contributed by atoms with Gasteiger partial charge in [-0.05, 0) is 18.4 Å². The number of alkyl halides is 3. The van der Waals surface area contributed by atoms with Crippen LogP contribution in [0.5, 0.6) is 5.75 Å². The molecule has 1 nitrogen and oxygen atoms in total. The van der Waals surface area contributed by atoms with E-state index in [2.05, 4.69) is 18.2 Å². The van der Waals surface area contributed by atoms with Crippen molar-refractivity contribution < 1.29 is 17.9 Å². The first kappa shape index (κ1) is 12.6. The molecule has 0 aliphatic heterocycles. The van der Waals surface area contributed by atoms with Gasteiger partial charge in [0.2, 0.25) is 0 Å². The molecule has 1 aromatic rings. The summed E-state index contributed by atoms with van der Waals surface area (Å²) >= 11 is 0. The van der Waals surface area contributed by atoms with E-state index < -0.39 is 6.36 Å². The lowest BCUT2D eigenvalue weighted by Gasteiger charge is -2.17. The Balaban J connectivity index is 3.25. The summed E-state index contributed by atoms with van der Waals surface area (Å²) in [7, 11) is 0. The van der Waals surface area contributed by atoms with Gasteiger partial charge in [0.15, 0.2) is 0 Å². The molecule has 4 heteroatoms. The molecule has 1 radical (unpaired) electrons. The molecule has 0 saturated carbocycles. The molecule has 1 rings (SSSR count). The van der Waals surface area contributed by atoms with Gasteiger partial charge < -0.3 is 4.74 Å². The molecular formula is C12H12F3O. The third-order valence-electron chi connectivity index (χ3n) is 2.04. The Hall–Kier alpha value is -1.45. The fraction of sp³-hybridized carbons (Fsp3) is 0.250. The van der Waals surface area contributed by atoms with Crippen molar-refractivity contribution in [3.8, 4) is 5.75 Å². The molecule has 0 fully saturated rings. The van der Waals surface area contributed by atoms with Crippen molar-refractivity contribution in [2.24, 2.45) is 0 Å². The van der Waals surface area contributed by atoms with Crippen molar-refractivity contribution in [2.75, 3.05) is 0 Å². The topological polar surface area (TPSA) is 9.23 Å². The van der Waals surface area contributed by atoms with Crippen LogP contribution in [0.3, 0.4) is 0 Å². The smallest absolute Gasteiger partial charge is 0.405 e. The molecule has 87 valence electrons. The van der Waals surface area contributed by atoms with Crippen molar-refractivity contribution in [2.45, 2.75) is 19.2 Å². The Morgan fingerprint density at radius 2 is 2.00 bits per heavy atom. The molecule has 0 saturated heterocycles. The average Bonchev–Trinajstić information content (AvgIpc) is 2.15. The second kappa shape index (κ2) is 4.60. The second-order valence-electron chi connectivity index (χ2n) is 3.42. The van der Waals surface area contributed by atoms with E-state index in [-0.39, 0.29) is 11.7 Å². The largest absolute Gasteiger partial charge is 0.573 e. The summed E-state index contributed by atoms with van der Waals surface area (Å²) in [6.45, 7) is 8.85. The predicted molar refractivity (Wildman–Crippen MR) is 57.0 cm³/mol. The van der Waals surface area contributed by atoms with Crippen LogP contribution in [-0.2, 0) is 0 Å². The molecule has 0 aromatic heterocycles. The first-order valence-electron chi connectivity index (χ1n) is 4.69. The van der Waals surface area contributed by atoms with Crippen LogP contribution >= 0.6 is 0 Å². The number of para-hydroxylation sites is 1. The Bertz CT molecular complexity index is 380. The monoisotopic (exact) mass is 229 g/mol. The van der Waals surface area contributed by atoms with Gasteiger partial charge in [-0.1, -0.05) is 37.8 Å². The van der Waals surface area contributed by atoms with Crippen LogP contribution < -0.4 is 4.74 Å². The number of rotatable bonds is 3. The fourth-order valence-electron chi connectivity index (χ4n) is 1.36.